The highest BCUT2D eigenvalue weighted by Gasteiger charge is 2.30. The monoisotopic (exact) mass is 230 g/mol. The van der Waals surface area contributed by atoms with Crippen molar-refractivity contribution in [3.05, 3.63) is 34.6 Å². The van der Waals surface area contributed by atoms with E-state index in [0.29, 0.717) is 12.2 Å². The molecule has 0 saturated heterocycles. The molecule has 0 N–H and O–H groups in total. The van der Waals surface area contributed by atoms with Crippen molar-refractivity contribution in [3.8, 4) is 0 Å². The Bertz CT molecular complexity index is 415. The largest absolute Gasteiger partial charge is 0.376 e. The fourth-order valence-corrected chi connectivity index (χ4v) is 2.08. The summed E-state index contributed by atoms with van der Waals surface area (Å²) in [4.78, 5) is 0. The second kappa shape index (κ2) is 4.09. The standard InChI is InChI=1S/C12H13F3O/c1-6(2)8-5-16-4-7-3-9(13)11(14)12(15)10(7)8/h3,6,8H,4-5H2,1-2H3. The molecule has 0 bridgehead atoms. The van der Waals surface area contributed by atoms with Crippen molar-refractivity contribution >= 4 is 0 Å². The Kier molecular flexibility index (Phi) is 2.93. The van der Waals surface area contributed by atoms with Gasteiger partial charge in [0.25, 0.3) is 0 Å². The first kappa shape index (κ1) is 11.5. The van der Waals surface area contributed by atoms with Gasteiger partial charge in [-0.3, -0.25) is 0 Å². The van der Waals surface area contributed by atoms with E-state index in [0.717, 1.165) is 6.07 Å². The summed E-state index contributed by atoms with van der Waals surface area (Å²) >= 11 is 0. The van der Waals surface area contributed by atoms with Crippen LogP contribution in [0.3, 0.4) is 0 Å². The molecule has 0 aromatic heterocycles. The van der Waals surface area contributed by atoms with Crippen molar-refractivity contribution < 1.29 is 17.9 Å². The van der Waals surface area contributed by atoms with Crippen LogP contribution in [0.25, 0.3) is 0 Å². The van der Waals surface area contributed by atoms with Gasteiger partial charge in [0, 0.05) is 11.5 Å². The van der Waals surface area contributed by atoms with Crippen LogP contribution in [0, 0.1) is 23.4 Å². The van der Waals surface area contributed by atoms with Crippen molar-refractivity contribution in [1.29, 1.82) is 0 Å². The van der Waals surface area contributed by atoms with E-state index in [4.69, 9.17) is 4.74 Å². The number of halogens is 3. The summed E-state index contributed by atoms with van der Waals surface area (Å²) in [6.45, 7) is 4.31. The first-order valence-corrected chi connectivity index (χ1v) is 5.26. The molecule has 0 aliphatic carbocycles. The summed E-state index contributed by atoms with van der Waals surface area (Å²) in [5.41, 5.74) is 0.696. The fourth-order valence-electron chi connectivity index (χ4n) is 2.08. The Morgan fingerprint density at radius 1 is 1.25 bits per heavy atom. The molecule has 1 heterocycles. The predicted molar refractivity (Wildman–Crippen MR) is 53.6 cm³/mol. The quantitative estimate of drug-likeness (QED) is 0.672. The molecule has 1 unspecified atom stereocenters. The molecule has 1 aliphatic heterocycles. The van der Waals surface area contributed by atoms with Crippen LogP contribution < -0.4 is 0 Å². The molecular formula is C12H13F3O. The molecule has 1 nitrogen and oxygen atoms in total. The van der Waals surface area contributed by atoms with Crippen LogP contribution in [0.15, 0.2) is 6.07 Å². The third-order valence-electron chi connectivity index (χ3n) is 3.02. The van der Waals surface area contributed by atoms with Crippen LogP contribution in [0.1, 0.15) is 30.9 Å². The number of hydrogen-bond acceptors (Lipinski definition) is 1. The first-order chi connectivity index (χ1) is 7.52. The van der Waals surface area contributed by atoms with Gasteiger partial charge in [-0.05, 0) is 17.5 Å². The average Bonchev–Trinajstić information content (AvgIpc) is 2.25. The highest BCUT2D eigenvalue weighted by molar-refractivity contribution is 5.35. The number of ether oxygens (including phenoxy) is 1. The smallest absolute Gasteiger partial charge is 0.194 e. The molecule has 1 aromatic rings. The van der Waals surface area contributed by atoms with E-state index in [-0.39, 0.29) is 24.0 Å². The minimum atomic E-state index is -1.38. The second-order valence-corrected chi connectivity index (χ2v) is 4.42. The van der Waals surface area contributed by atoms with E-state index in [1.54, 1.807) is 0 Å². The summed E-state index contributed by atoms with van der Waals surface area (Å²) in [6, 6.07) is 1.03. The zero-order valence-electron chi connectivity index (χ0n) is 9.19. The predicted octanol–water partition coefficient (Wildman–Crippen LogP) is 3.37. The summed E-state index contributed by atoms with van der Waals surface area (Å²) < 4.78 is 45.1. The first-order valence-electron chi connectivity index (χ1n) is 5.26. The molecule has 2 rings (SSSR count). The van der Waals surface area contributed by atoms with E-state index in [1.165, 1.54) is 0 Å². The minimum absolute atomic E-state index is 0.124. The van der Waals surface area contributed by atoms with Crippen LogP contribution in [0.5, 0.6) is 0 Å². The number of benzene rings is 1. The normalized spacial score (nSPS) is 20.0. The van der Waals surface area contributed by atoms with Gasteiger partial charge < -0.3 is 4.74 Å². The molecule has 4 heteroatoms. The summed E-state index contributed by atoms with van der Waals surface area (Å²) in [5.74, 6) is -3.68. The third kappa shape index (κ3) is 1.71. The van der Waals surface area contributed by atoms with Gasteiger partial charge in [-0.2, -0.15) is 0 Å². The lowest BCUT2D eigenvalue weighted by molar-refractivity contribution is 0.0763. The zero-order valence-corrected chi connectivity index (χ0v) is 9.19. The van der Waals surface area contributed by atoms with Crippen LogP contribution in [-0.4, -0.2) is 6.61 Å². The fraction of sp³-hybridized carbons (Fsp3) is 0.500. The van der Waals surface area contributed by atoms with E-state index in [2.05, 4.69) is 0 Å². The van der Waals surface area contributed by atoms with Crippen LogP contribution in [-0.2, 0) is 11.3 Å². The minimum Gasteiger partial charge on any atom is -0.376 e. The van der Waals surface area contributed by atoms with E-state index >= 15 is 0 Å². The van der Waals surface area contributed by atoms with Crippen molar-refractivity contribution in [2.45, 2.75) is 26.4 Å². The van der Waals surface area contributed by atoms with Gasteiger partial charge in [0.2, 0.25) is 0 Å². The van der Waals surface area contributed by atoms with Crippen LogP contribution in [0.2, 0.25) is 0 Å². The second-order valence-electron chi connectivity index (χ2n) is 4.42. The van der Waals surface area contributed by atoms with Gasteiger partial charge >= 0.3 is 0 Å². The molecule has 16 heavy (non-hydrogen) atoms. The van der Waals surface area contributed by atoms with Gasteiger partial charge in [-0.15, -0.1) is 0 Å². The SMILES string of the molecule is CC(C)C1COCc2cc(F)c(F)c(F)c21. The lowest BCUT2D eigenvalue weighted by atomic mass is 9.84. The molecule has 0 amide bonds. The molecule has 0 fully saturated rings. The molecule has 0 radical (unpaired) electrons. The lowest BCUT2D eigenvalue weighted by Crippen LogP contribution is -2.23. The topological polar surface area (TPSA) is 9.23 Å². The third-order valence-corrected chi connectivity index (χ3v) is 3.02. The Labute approximate surface area is 92.2 Å². The maximum Gasteiger partial charge on any atom is 0.194 e. The number of fused-ring (bicyclic) bond motifs is 1. The average molecular weight is 230 g/mol. The molecule has 0 saturated carbocycles. The van der Waals surface area contributed by atoms with Crippen molar-refractivity contribution in [1.82, 2.24) is 0 Å². The van der Waals surface area contributed by atoms with Gasteiger partial charge in [-0.25, -0.2) is 13.2 Å². The van der Waals surface area contributed by atoms with E-state index in [1.807, 2.05) is 13.8 Å². The molecule has 1 atom stereocenters. The maximum atomic E-state index is 13.7. The van der Waals surface area contributed by atoms with Crippen molar-refractivity contribution in [3.63, 3.8) is 0 Å². The van der Waals surface area contributed by atoms with Gasteiger partial charge in [0.1, 0.15) is 0 Å². The summed E-state index contributed by atoms with van der Waals surface area (Å²) in [6.07, 6.45) is 0. The lowest BCUT2D eigenvalue weighted by Gasteiger charge is -2.29. The molecule has 0 spiro atoms. The van der Waals surface area contributed by atoms with Gasteiger partial charge in [0.05, 0.1) is 13.2 Å². The highest BCUT2D eigenvalue weighted by atomic mass is 19.2. The Hall–Kier alpha value is -1.03. The molecule has 1 aliphatic rings. The Morgan fingerprint density at radius 3 is 2.56 bits per heavy atom. The van der Waals surface area contributed by atoms with E-state index in [9.17, 15) is 13.2 Å². The number of hydrogen-bond donors (Lipinski definition) is 0. The molecule has 1 aromatic carbocycles. The summed E-state index contributed by atoms with van der Waals surface area (Å²) in [5, 5.41) is 0. The maximum absolute atomic E-state index is 13.7. The summed E-state index contributed by atoms with van der Waals surface area (Å²) in [7, 11) is 0. The Morgan fingerprint density at radius 2 is 1.94 bits per heavy atom. The van der Waals surface area contributed by atoms with Gasteiger partial charge in [0.15, 0.2) is 17.5 Å². The number of rotatable bonds is 1. The van der Waals surface area contributed by atoms with Crippen molar-refractivity contribution in [2.75, 3.05) is 6.61 Å². The molecular weight excluding hydrogens is 217 g/mol. The van der Waals surface area contributed by atoms with Crippen LogP contribution >= 0.6 is 0 Å². The van der Waals surface area contributed by atoms with Crippen LogP contribution in [0.4, 0.5) is 13.2 Å². The zero-order chi connectivity index (χ0) is 11.9. The van der Waals surface area contributed by atoms with E-state index < -0.39 is 17.5 Å². The molecule has 88 valence electrons. The Balaban J connectivity index is 2.59. The van der Waals surface area contributed by atoms with Crippen molar-refractivity contribution in [2.24, 2.45) is 5.92 Å². The van der Waals surface area contributed by atoms with Gasteiger partial charge in [-0.1, -0.05) is 13.8 Å². The highest BCUT2D eigenvalue weighted by Crippen LogP contribution is 2.35.